The first-order valence-electron chi connectivity index (χ1n) is 10.5. The normalized spacial score (nSPS) is 15.2. The van der Waals surface area contributed by atoms with E-state index >= 15 is 0 Å². The quantitative estimate of drug-likeness (QED) is 0.329. The van der Waals surface area contributed by atoms with Gasteiger partial charge in [-0.05, 0) is 55.0 Å². The molecule has 32 heavy (non-hydrogen) atoms. The van der Waals surface area contributed by atoms with Crippen molar-refractivity contribution in [2.24, 2.45) is 5.92 Å². The van der Waals surface area contributed by atoms with Crippen molar-refractivity contribution in [1.82, 2.24) is 4.98 Å². The maximum Gasteiger partial charge on any atom is 0.257 e. The molecule has 1 aliphatic rings. The third-order valence-electron chi connectivity index (χ3n) is 5.94. The van der Waals surface area contributed by atoms with Gasteiger partial charge in [-0.15, -0.1) is 11.3 Å². The zero-order valence-electron chi connectivity index (χ0n) is 17.5. The standard InChI is InChI=1S/C26H20BrN3OS/c1-15-7-9-18-21(14-28)26(32-24(18)11-15)30-25(31)20-13-23(16-5-3-2-4-6-16)29-22-10-8-17(27)12-19(20)22/h2-6,8,10,12-13,15H,7,9,11H2,1H3,(H,30,31). The minimum Gasteiger partial charge on any atom is -0.312 e. The minimum absolute atomic E-state index is 0.226. The average molecular weight is 502 g/mol. The summed E-state index contributed by atoms with van der Waals surface area (Å²) in [7, 11) is 0. The van der Waals surface area contributed by atoms with Crippen molar-refractivity contribution < 1.29 is 4.79 Å². The van der Waals surface area contributed by atoms with Crippen molar-refractivity contribution in [2.45, 2.75) is 26.2 Å². The Balaban J connectivity index is 1.59. The molecule has 1 N–H and O–H groups in total. The molecule has 1 unspecified atom stereocenters. The van der Waals surface area contributed by atoms with Gasteiger partial charge in [0.05, 0.1) is 22.3 Å². The molecule has 158 valence electrons. The van der Waals surface area contributed by atoms with Crippen molar-refractivity contribution in [1.29, 1.82) is 5.26 Å². The maximum atomic E-state index is 13.5. The first-order chi connectivity index (χ1) is 15.5. The molecule has 1 aliphatic carbocycles. The second-order valence-electron chi connectivity index (χ2n) is 8.20. The highest BCUT2D eigenvalue weighted by atomic mass is 79.9. The molecule has 2 heterocycles. The number of nitrogens with one attached hydrogen (secondary N) is 1. The van der Waals surface area contributed by atoms with Gasteiger partial charge < -0.3 is 5.32 Å². The molecule has 0 radical (unpaired) electrons. The molecule has 0 saturated heterocycles. The van der Waals surface area contributed by atoms with Crippen LogP contribution >= 0.6 is 27.3 Å². The van der Waals surface area contributed by atoms with Crippen LogP contribution in [0.25, 0.3) is 22.2 Å². The van der Waals surface area contributed by atoms with Gasteiger partial charge in [-0.1, -0.05) is 53.2 Å². The molecule has 0 aliphatic heterocycles. The number of benzene rings is 2. The molecular weight excluding hydrogens is 482 g/mol. The first-order valence-corrected chi connectivity index (χ1v) is 12.2. The van der Waals surface area contributed by atoms with Crippen LogP contribution in [-0.2, 0) is 12.8 Å². The summed E-state index contributed by atoms with van der Waals surface area (Å²) in [6.45, 7) is 2.24. The number of aromatic nitrogens is 1. The van der Waals surface area contributed by atoms with Crippen molar-refractivity contribution in [3.8, 4) is 17.3 Å². The number of hydrogen-bond donors (Lipinski definition) is 1. The summed E-state index contributed by atoms with van der Waals surface area (Å²) in [5.41, 5.74) is 4.71. The van der Waals surface area contributed by atoms with E-state index in [9.17, 15) is 10.1 Å². The molecular formula is C26H20BrN3OS. The third-order valence-corrected chi connectivity index (χ3v) is 7.60. The van der Waals surface area contributed by atoms with Gasteiger partial charge in [0.1, 0.15) is 11.1 Å². The van der Waals surface area contributed by atoms with Gasteiger partial charge in [0, 0.05) is 20.3 Å². The van der Waals surface area contributed by atoms with Gasteiger partial charge in [0.15, 0.2) is 0 Å². The molecule has 5 rings (SSSR count). The van der Waals surface area contributed by atoms with Crippen molar-refractivity contribution in [3.63, 3.8) is 0 Å². The Kier molecular flexibility index (Phi) is 5.54. The van der Waals surface area contributed by atoms with Crippen molar-refractivity contribution >= 4 is 49.1 Å². The number of carbonyl (C=O) groups is 1. The summed E-state index contributed by atoms with van der Waals surface area (Å²) < 4.78 is 0.881. The van der Waals surface area contributed by atoms with Crippen LogP contribution < -0.4 is 5.32 Å². The molecule has 4 aromatic rings. The molecule has 2 aromatic heterocycles. The minimum atomic E-state index is -0.226. The number of nitriles is 1. The number of carbonyl (C=O) groups excluding carboxylic acids is 1. The summed E-state index contributed by atoms with van der Waals surface area (Å²) in [6, 6.07) is 19.8. The first kappa shape index (κ1) is 20.9. The molecule has 2 aromatic carbocycles. The van der Waals surface area contributed by atoms with E-state index in [-0.39, 0.29) is 5.91 Å². The fourth-order valence-corrected chi connectivity index (χ4v) is 5.99. The topological polar surface area (TPSA) is 65.8 Å². The van der Waals surface area contributed by atoms with E-state index in [0.717, 1.165) is 51.5 Å². The summed E-state index contributed by atoms with van der Waals surface area (Å²) in [5, 5.41) is 14.3. The zero-order chi connectivity index (χ0) is 22.2. The van der Waals surface area contributed by atoms with Crippen LogP contribution in [0.4, 0.5) is 5.00 Å². The van der Waals surface area contributed by atoms with Gasteiger partial charge in [-0.3, -0.25) is 4.79 Å². The Morgan fingerprint density at radius 3 is 2.81 bits per heavy atom. The zero-order valence-corrected chi connectivity index (χ0v) is 19.9. The Labute approximate surface area is 199 Å². The van der Waals surface area contributed by atoms with Gasteiger partial charge in [-0.2, -0.15) is 5.26 Å². The summed E-state index contributed by atoms with van der Waals surface area (Å²) >= 11 is 5.06. The number of thiophene rings is 1. The lowest BCUT2D eigenvalue weighted by molar-refractivity contribution is 0.102. The number of halogens is 1. The second kappa shape index (κ2) is 8.50. The number of anilines is 1. The van der Waals surface area contributed by atoms with E-state index in [0.29, 0.717) is 22.0 Å². The number of nitrogens with zero attached hydrogens (tertiary/aromatic N) is 2. The van der Waals surface area contributed by atoms with Crippen LogP contribution in [0, 0.1) is 17.2 Å². The molecule has 6 heteroatoms. The van der Waals surface area contributed by atoms with Crippen molar-refractivity contribution in [3.05, 3.63) is 80.6 Å². The SMILES string of the molecule is CC1CCc2c(sc(NC(=O)c3cc(-c4ccccc4)nc4ccc(Br)cc34)c2C#N)C1. The van der Waals surface area contributed by atoms with E-state index in [2.05, 4.69) is 34.2 Å². The van der Waals surface area contributed by atoms with E-state index in [1.807, 2.05) is 54.6 Å². The van der Waals surface area contributed by atoms with E-state index < -0.39 is 0 Å². The Bertz CT molecular complexity index is 1390. The molecule has 0 saturated carbocycles. The smallest absolute Gasteiger partial charge is 0.257 e. The Hall–Kier alpha value is -3.01. The fourth-order valence-electron chi connectivity index (χ4n) is 4.27. The predicted octanol–water partition coefficient (Wildman–Crippen LogP) is 6.97. The summed E-state index contributed by atoms with van der Waals surface area (Å²) in [5.74, 6) is 0.377. The number of fused-ring (bicyclic) bond motifs is 2. The highest BCUT2D eigenvalue weighted by Crippen LogP contribution is 2.39. The Morgan fingerprint density at radius 1 is 1.22 bits per heavy atom. The molecule has 1 amide bonds. The molecule has 1 atom stereocenters. The largest absolute Gasteiger partial charge is 0.312 e. The van der Waals surface area contributed by atoms with Gasteiger partial charge in [0.2, 0.25) is 0 Å². The predicted molar refractivity (Wildman–Crippen MR) is 133 cm³/mol. The number of hydrogen-bond acceptors (Lipinski definition) is 4. The Morgan fingerprint density at radius 2 is 2.03 bits per heavy atom. The van der Waals surface area contributed by atoms with Crippen molar-refractivity contribution in [2.75, 3.05) is 5.32 Å². The number of amides is 1. The second-order valence-corrected chi connectivity index (χ2v) is 10.2. The highest BCUT2D eigenvalue weighted by Gasteiger charge is 2.25. The third kappa shape index (κ3) is 3.83. The molecule has 4 nitrogen and oxygen atoms in total. The van der Waals surface area contributed by atoms with E-state index in [1.165, 1.54) is 4.88 Å². The average Bonchev–Trinajstić information content (AvgIpc) is 3.14. The van der Waals surface area contributed by atoms with Crippen LogP contribution in [0.2, 0.25) is 0 Å². The van der Waals surface area contributed by atoms with Crippen LogP contribution in [0.3, 0.4) is 0 Å². The lowest BCUT2D eigenvalue weighted by Gasteiger charge is -2.17. The summed E-state index contributed by atoms with van der Waals surface area (Å²) in [6.07, 6.45) is 2.94. The highest BCUT2D eigenvalue weighted by molar-refractivity contribution is 9.10. The van der Waals surface area contributed by atoms with Crippen LogP contribution in [-0.4, -0.2) is 10.9 Å². The van der Waals surface area contributed by atoms with Gasteiger partial charge >= 0.3 is 0 Å². The molecule has 0 spiro atoms. The molecule has 0 bridgehead atoms. The lowest BCUT2D eigenvalue weighted by atomic mass is 9.88. The molecule has 0 fully saturated rings. The number of rotatable bonds is 3. The van der Waals surface area contributed by atoms with Crippen LogP contribution in [0.5, 0.6) is 0 Å². The maximum absolute atomic E-state index is 13.5. The van der Waals surface area contributed by atoms with E-state index in [1.54, 1.807) is 11.3 Å². The monoisotopic (exact) mass is 501 g/mol. The number of pyridine rings is 1. The fraction of sp³-hybridized carbons (Fsp3) is 0.192. The van der Waals surface area contributed by atoms with Gasteiger partial charge in [0.25, 0.3) is 5.91 Å². The van der Waals surface area contributed by atoms with Crippen LogP contribution in [0.15, 0.2) is 59.1 Å². The lowest BCUT2D eigenvalue weighted by Crippen LogP contribution is -2.13. The van der Waals surface area contributed by atoms with Crippen LogP contribution in [0.1, 0.15) is 39.7 Å². The van der Waals surface area contributed by atoms with Gasteiger partial charge in [-0.25, -0.2) is 4.98 Å². The van der Waals surface area contributed by atoms with E-state index in [4.69, 9.17) is 4.98 Å². The summed E-state index contributed by atoms with van der Waals surface area (Å²) in [4.78, 5) is 19.5.